The Kier molecular flexibility index (Phi) is 4.02. The third-order valence-electron chi connectivity index (χ3n) is 3.13. The first kappa shape index (κ1) is 13.4. The van der Waals surface area contributed by atoms with Crippen LogP contribution in [0.4, 0.5) is 5.82 Å². The largest absolute Gasteiger partial charge is 0.489 e. The van der Waals surface area contributed by atoms with Crippen LogP contribution in [-0.4, -0.2) is 4.98 Å². The Morgan fingerprint density at radius 1 is 1.21 bits per heavy atom. The molecule has 0 saturated carbocycles. The van der Waals surface area contributed by atoms with Crippen molar-refractivity contribution in [2.45, 2.75) is 27.4 Å². The Hall–Kier alpha value is -2.07. The summed E-state index contributed by atoms with van der Waals surface area (Å²) in [6.45, 7) is 6.74. The fourth-order valence-electron chi connectivity index (χ4n) is 1.91. The van der Waals surface area contributed by atoms with Crippen molar-refractivity contribution < 1.29 is 4.74 Å². The second-order valence-corrected chi connectivity index (χ2v) is 4.69. The fraction of sp³-hybridized carbons (Fsp3) is 0.267. The van der Waals surface area contributed by atoms with Crippen LogP contribution in [0.1, 0.15) is 22.3 Å². The van der Waals surface area contributed by atoms with E-state index < -0.39 is 0 Å². The van der Waals surface area contributed by atoms with Gasteiger partial charge in [-0.25, -0.2) is 10.8 Å². The molecule has 0 saturated heterocycles. The number of benzene rings is 1. The average molecular weight is 257 g/mol. The van der Waals surface area contributed by atoms with Gasteiger partial charge in [-0.05, 0) is 49.6 Å². The van der Waals surface area contributed by atoms with Crippen LogP contribution in [-0.2, 0) is 6.61 Å². The normalized spacial score (nSPS) is 10.3. The molecule has 0 aliphatic carbocycles. The summed E-state index contributed by atoms with van der Waals surface area (Å²) in [7, 11) is 0. The molecule has 1 aromatic carbocycles. The van der Waals surface area contributed by atoms with Gasteiger partial charge in [0.2, 0.25) is 0 Å². The quantitative estimate of drug-likeness (QED) is 0.653. The molecule has 0 radical (unpaired) electrons. The molecule has 0 amide bonds. The van der Waals surface area contributed by atoms with E-state index in [1.165, 1.54) is 16.7 Å². The lowest BCUT2D eigenvalue weighted by Crippen LogP contribution is -2.08. The van der Waals surface area contributed by atoms with Crippen LogP contribution >= 0.6 is 0 Å². The van der Waals surface area contributed by atoms with Crippen LogP contribution in [0.25, 0.3) is 0 Å². The van der Waals surface area contributed by atoms with Crippen molar-refractivity contribution in [3.05, 3.63) is 52.7 Å². The van der Waals surface area contributed by atoms with Crippen molar-refractivity contribution in [3.8, 4) is 5.75 Å². The van der Waals surface area contributed by atoms with Crippen LogP contribution in [0.5, 0.6) is 5.75 Å². The number of pyridine rings is 1. The molecule has 0 unspecified atom stereocenters. The molecule has 0 atom stereocenters. The topological polar surface area (TPSA) is 60.2 Å². The van der Waals surface area contributed by atoms with Crippen molar-refractivity contribution in [1.29, 1.82) is 0 Å². The highest BCUT2D eigenvalue weighted by molar-refractivity contribution is 5.42. The molecule has 19 heavy (non-hydrogen) atoms. The lowest BCUT2D eigenvalue weighted by Gasteiger charge is -2.12. The molecule has 0 aliphatic rings. The Morgan fingerprint density at radius 2 is 2.00 bits per heavy atom. The van der Waals surface area contributed by atoms with Gasteiger partial charge in [0.25, 0.3) is 0 Å². The molecular weight excluding hydrogens is 238 g/mol. The molecule has 1 aromatic heterocycles. The van der Waals surface area contributed by atoms with E-state index in [1.54, 1.807) is 6.20 Å². The summed E-state index contributed by atoms with van der Waals surface area (Å²) in [6.07, 6.45) is 1.76. The van der Waals surface area contributed by atoms with Gasteiger partial charge in [-0.3, -0.25) is 0 Å². The Morgan fingerprint density at radius 3 is 2.63 bits per heavy atom. The van der Waals surface area contributed by atoms with E-state index in [-0.39, 0.29) is 0 Å². The fourth-order valence-corrected chi connectivity index (χ4v) is 1.91. The summed E-state index contributed by atoms with van der Waals surface area (Å²) in [4.78, 5) is 4.15. The maximum Gasteiger partial charge on any atom is 0.139 e. The zero-order valence-corrected chi connectivity index (χ0v) is 11.5. The number of nitrogens with zero attached hydrogens (tertiary/aromatic N) is 1. The number of rotatable bonds is 4. The maximum atomic E-state index is 5.87. The lowest BCUT2D eigenvalue weighted by atomic mass is 10.1. The second-order valence-electron chi connectivity index (χ2n) is 4.69. The van der Waals surface area contributed by atoms with Crippen LogP contribution in [0.3, 0.4) is 0 Å². The molecule has 2 aromatic rings. The molecule has 0 fully saturated rings. The van der Waals surface area contributed by atoms with E-state index in [4.69, 9.17) is 10.6 Å². The van der Waals surface area contributed by atoms with Gasteiger partial charge in [0, 0.05) is 11.8 Å². The van der Waals surface area contributed by atoms with Crippen molar-refractivity contribution in [2.24, 2.45) is 5.84 Å². The highest BCUT2D eigenvalue weighted by Crippen LogP contribution is 2.24. The molecule has 0 spiro atoms. The van der Waals surface area contributed by atoms with Crippen molar-refractivity contribution in [1.82, 2.24) is 4.98 Å². The zero-order valence-electron chi connectivity index (χ0n) is 11.5. The minimum atomic E-state index is 0.502. The maximum absolute atomic E-state index is 5.87. The van der Waals surface area contributed by atoms with E-state index in [1.807, 2.05) is 12.1 Å². The third-order valence-corrected chi connectivity index (χ3v) is 3.13. The van der Waals surface area contributed by atoms with Gasteiger partial charge < -0.3 is 10.2 Å². The van der Waals surface area contributed by atoms with E-state index in [9.17, 15) is 0 Å². The summed E-state index contributed by atoms with van der Waals surface area (Å²) in [6, 6.07) is 7.99. The average Bonchev–Trinajstić information content (AvgIpc) is 2.41. The van der Waals surface area contributed by atoms with Gasteiger partial charge in [0.15, 0.2) is 0 Å². The first-order valence-corrected chi connectivity index (χ1v) is 6.22. The molecule has 4 heteroatoms. The van der Waals surface area contributed by atoms with Gasteiger partial charge in [0.1, 0.15) is 18.2 Å². The van der Waals surface area contributed by atoms with E-state index >= 15 is 0 Å². The van der Waals surface area contributed by atoms with Crippen molar-refractivity contribution in [2.75, 3.05) is 5.43 Å². The highest BCUT2D eigenvalue weighted by Gasteiger charge is 2.04. The van der Waals surface area contributed by atoms with Crippen molar-refractivity contribution >= 4 is 5.82 Å². The van der Waals surface area contributed by atoms with Crippen molar-refractivity contribution in [3.63, 3.8) is 0 Å². The summed E-state index contributed by atoms with van der Waals surface area (Å²) < 4.78 is 5.87. The van der Waals surface area contributed by atoms with Crippen LogP contribution in [0.2, 0.25) is 0 Å². The molecule has 100 valence electrons. The second kappa shape index (κ2) is 5.71. The zero-order chi connectivity index (χ0) is 13.8. The van der Waals surface area contributed by atoms with Gasteiger partial charge in [-0.2, -0.15) is 0 Å². The number of aryl methyl sites for hydroxylation is 2. The summed E-state index contributed by atoms with van der Waals surface area (Å²) >= 11 is 0. The highest BCUT2D eigenvalue weighted by atomic mass is 16.5. The minimum absolute atomic E-state index is 0.502. The number of nitrogens with one attached hydrogen (secondary N) is 1. The molecule has 0 aliphatic heterocycles. The van der Waals surface area contributed by atoms with E-state index in [2.05, 4.69) is 43.3 Å². The molecule has 2 rings (SSSR count). The van der Waals surface area contributed by atoms with E-state index in [0.717, 1.165) is 11.3 Å². The first-order valence-electron chi connectivity index (χ1n) is 6.22. The Bertz CT molecular complexity index is 564. The number of hydrazine groups is 1. The number of anilines is 1. The van der Waals surface area contributed by atoms with Gasteiger partial charge in [0.05, 0.1) is 0 Å². The predicted octanol–water partition coefficient (Wildman–Crippen LogP) is 2.87. The minimum Gasteiger partial charge on any atom is -0.489 e. The standard InChI is InChI=1S/C15H19N3O/c1-10-6-11(2)12(3)14(7-10)19-9-13-4-5-15(18-16)17-8-13/h4-8H,9,16H2,1-3H3,(H,17,18). The van der Waals surface area contributed by atoms with Crippen LogP contribution in [0.15, 0.2) is 30.5 Å². The van der Waals surface area contributed by atoms with Gasteiger partial charge in [-0.15, -0.1) is 0 Å². The Balaban J connectivity index is 2.09. The molecule has 3 N–H and O–H groups in total. The molecular formula is C15H19N3O. The first-order chi connectivity index (χ1) is 9.10. The number of nitrogen functional groups attached to an aromatic ring is 1. The molecule has 0 bridgehead atoms. The summed E-state index contributed by atoms with van der Waals surface area (Å²) in [5, 5.41) is 0. The number of aromatic nitrogens is 1. The third kappa shape index (κ3) is 3.23. The predicted molar refractivity (Wildman–Crippen MR) is 77.0 cm³/mol. The van der Waals surface area contributed by atoms with Crippen LogP contribution < -0.4 is 16.0 Å². The summed E-state index contributed by atoms with van der Waals surface area (Å²) in [5.41, 5.74) is 7.14. The molecule has 1 heterocycles. The number of hydrogen-bond donors (Lipinski definition) is 2. The number of ether oxygens (including phenoxy) is 1. The number of hydrogen-bond acceptors (Lipinski definition) is 4. The SMILES string of the molecule is Cc1cc(C)c(C)c(OCc2ccc(NN)nc2)c1. The monoisotopic (exact) mass is 257 g/mol. The van der Waals surface area contributed by atoms with Gasteiger partial charge >= 0.3 is 0 Å². The smallest absolute Gasteiger partial charge is 0.139 e. The number of nitrogens with two attached hydrogens (primary N) is 1. The summed E-state index contributed by atoms with van der Waals surface area (Å²) in [5.74, 6) is 6.85. The van der Waals surface area contributed by atoms with Crippen LogP contribution in [0, 0.1) is 20.8 Å². The van der Waals surface area contributed by atoms with E-state index in [0.29, 0.717) is 12.4 Å². The van der Waals surface area contributed by atoms with Gasteiger partial charge in [-0.1, -0.05) is 12.1 Å². The molecule has 4 nitrogen and oxygen atoms in total. The Labute approximate surface area is 113 Å². The lowest BCUT2D eigenvalue weighted by molar-refractivity contribution is 0.303.